The van der Waals surface area contributed by atoms with Crippen molar-refractivity contribution >= 4 is 17.4 Å². The number of nitrogens with one attached hydrogen (secondary N) is 2. The van der Waals surface area contributed by atoms with E-state index >= 15 is 0 Å². The highest BCUT2D eigenvalue weighted by atomic mass is 32.1. The molecule has 1 aromatic heterocycles. The highest BCUT2D eigenvalue weighted by Crippen LogP contribution is 2.29. The van der Waals surface area contributed by atoms with Gasteiger partial charge < -0.3 is 14.8 Å². The molecule has 7 heteroatoms. The quantitative estimate of drug-likeness (QED) is 0.496. The SMILES string of the molecule is CNC(=N)c1cc(C)c(Oc2nc(Cc3cccc(OC)c3)ns2)cc1C. The fourth-order valence-corrected chi connectivity index (χ4v) is 3.28. The van der Waals surface area contributed by atoms with Gasteiger partial charge in [0.2, 0.25) is 0 Å². The summed E-state index contributed by atoms with van der Waals surface area (Å²) in [6, 6.07) is 11.7. The lowest BCUT2D eigenvalue weighted by atomic mass is 10.0. The maximum atomic E-state index is 7.97. The molecule has 0 aliphatic heterocycles. The van der Waals surface area contributed by atoms with Gasteiger partial charge in [-0.1, -0.05) is 12.1 Å². The predicted octanol–water partition coefficient (Wildman–Crippen LogP) is 4.09. The van der Waals surface area contributed by atoms with Crippen molar-refractivity contribution in [3.05, 3.63) is 64.5 Å². The van der Waals surface area contributed by atoms with Crippen LogP contribution in [0.15, 0.2) is 36.4 Å². The van der Waals surface area contributed by atoms with Crippen molar-refractivity contribution < 1.29 is 9.47 Å². The molecule has 0 unspecified atom stereocenters. The topological polar surface area (TPSA) is 80.1 Å². The van der Waals surface area contributed by atoms with E-state index in [0.29, 0.717) is 23.3 Å². The first-order valence-electron chi connectivity index (χ1n) is 8.51. The number of amidine groups is 1. The maximum absolute atomic E-state index is 7.97. The van der Waals surface area contributed by atoms with Crippen LogP contribution in [0.25, 0.3) is 0 Å². The molecule has 0 radical (unpaired) electrons. The summed E-state index contributed by atoms with van der Waals surface area (Å²) in [4.78, 5) is 4.49. The van der Waals surface area contributed by atoms with Crippen molar-refractivity contribution in [3.8, 4) is 16.7 Å². The van der Waals surface area contributed by atoms with Crippen LogP contribution < -0.4 is 14.8 Å². The molecule has 27 heavy (non-hydrogen) atoms. The third kappa shape index (κ3) is 4.43. The Bertz CT molecular complexity index is 968. The molecule has 0 aliphatic carbocycles. The van der Waals surface area contributed by atoms with Crippen LogP contribution in [-0.4, -0.2) is 29.4 Å². The van der Waals surface area contributed by atoms with Gasteiger partial charge in [0.15, 0.2) is 5.82 Å². The van der Waals surface area contributed by atoms with E-state index in [2.05, 4.69) is 14.7 Å². The molecular weight excluding hydrogens is 360 g/mol. The molecule has 2 N–H and O–H groups in total. The fourth-order valence-electron chi connectivity index (χ4n) is 2.71. The van der Waals surface area contributed by atoms with Crippen molar-refractivity contribution in [2.24, 2.45) is 0 Å². The number of aromatic nitrogens is 2. The molecule has 3 rings (SSSR count). The maximum Gasteiger partial charge on any atom is 0.298 e. The van der Waals surface area contributed by atoms with Gasteiger partial charge >= 0.3 is 0 Å². The average Bonchev–Trinajstić information content (AvgIpc) is 3.10. The van der Waals surface area contributed by atoms with E-state index in [9.17, 15) is 0 Å². The Morgan fingerprint density at radius 1 is 1.19 bits per heavy atom. The first-order valence-corrected chi connectivity index (χ1v) is 9.28. The summed E-state index contributed by atoms with van der Waals surface area (Å²) in [5, 5.41) is 11.3. The van der Waals surface area contributed by atoms with Gasteiger partial charge in [0.1, 0.15) is 17.3 Å². The summed E-state index contributed by atoms with van der Waals surface area (Å²) in [5.41, 5.74) is 3.86. The van der Waals surface area contributed by atoms with E-state index in [4.69, 9.17) is 14.9 Å². The minimum Gasteiger partial charge on any atom is -0.497 e. The van der Waals surface area contributed by atoms with Gasteiger partial charge in [0.25, 0.3) is 5.19 Å². The second-order valence-electron chi connectivity index (χ2n) is 6.16. The molecule has 0 fully saturated rings. The van der Waals surface area contributed by atoms with Gasteiger partial charge in [0.05, 0.1) is 7.11 Å². The van der Waals surface area contributed by atoms with Crippen LogP contribution in [0.1, 0.15) is 28.1 Å². The van der Waals surface area contributed by atoms with Crippen LogP contribution in [0.4, 0.5) is 0 Å². The van der Waals surface area contributed by atoms with Gasteiger partial charge in [-0.25, -0.2) is 0 Å². The van der Waals surface area contributed by atoms with Crippen LogP contribution in [0.3, 0.4) is 0 Å². The third-order valence-electron chi connectivity index (χ3n) is 4.18. The lowest BCUT2D eigenvalue weighted by Crippen LogP contribution is -2.19. The second-order valence-corrected chi connectivity index (χ2v) is 6.88. The van der Waals surface area contributed by atoms with E-state index < -0.39 is 0 Å². The first kappa shape index (κ1) is 18.8. The van der Waals surface area contributed by atoms with E-state index in [1.807, 2.05) is 50.2 Å². The van der Waals surface area contributed by atoms with Gasteiger partial charge in [0, 0.05) is 30.6 Å². The van der Waals surface area contributed by atoms with E-state index in [-0.39, 0.29) is 0 Å². The highest BCUT2D eigenvalue weighted by Gasteiger charge is 2.12. The number of rotatable bonds is 6. The van der Waals surface area contributed by atoms with Crippen LogP contribution in [0, 0.1) is 19.3 Å². The molecule has 0 amide bonds. The molecule has 0 bridgehead atoms. The van der Waals surface area contributed by atoms with Crippen LogP contribution in [0.5, 0.6) is 16.7 Å². The summed E-state index contributed by atoms with van der Waals surface area (Å²) in [6.45, 7) is 3.92. The van der Waals surface area contributed by atoms with Crippen molar-refractivity contribution in [3.63, 3.8) is 0 Å². The van der Waals surface area contributed by atoms with E-state index in [1.165, 1.54) is 11.5 Å². The predicted molar refractivity (Wildman–Crippen MR) is 108 cm³/mol. The smallest absolute Gasteiger partial charge is 0.298 e. The molecule has 0 saturated heterocycles. The summed E-state index contributed by atoms with van der Waals surface area (Å²) < 4.78 is 15.6. The zero-order valence-electron chi connectivity index (χ0n) is 15.8. The Labute approximate surface area is 162 Å². The summed E-state index contributed by atoms with van der Waals surface area (Å²) in [6.07, 6.45) is 0.618. The Kier molecular flexibility index (Phi) is 5.71. The number of hydrogen-bond acceptors (Lipinski definition) is 6. The third-order valence-corrected chi connectivity index (χ3v) is 4.82. The number of nitrogens with zero attached hydrogens (tertiary/aromatic N) is 2. The van der Waals surface area contributed by atoms with Gasteiger partial charge in [-0.3, -0.25) is 5.41 Å². The van der Waals surface area contributed by atoms with Gasteiger partial charge in [-0.05, 0) is 54.8 Å². The molecule has 0 aliphatic rings. The Morgan fingerprint density at radius 2 is 2.00 bits per heavy atom. The molecule has 0 spiro atoms. The molecule has 140 valence electrons. The lowest BCUT2D eigenvalue weighted by molar-refractivity contribution is 0.414. The Hall–Kier alpha value is -2.93. The largest absolute Gasteiger partial charge is 0.497 e. The number of aryl methyl sites for hydroxylation is 2. The zero-order chi connectivity index (χ0) is 19.4. The average molecular weight is 382 g/mol. The van der Waals surface area contributed by atoms with Gasteiger partial charge in [-0.15, -0.1) is 0 Å². The number of methoxy groups -OCH3 is 1. The van der Waals surface area contributed by atoms with Crippen molar-refractivity contribution in [2.45, 2.75) is 20.3 Å². The van der Waals surface area contributed by atoms with Crippen LogP contribution >= 0.6 is 11.5 Å². The zero-order valence-corrected chi connectivity index (χ0v) is 16.6. The molecule has 2 aromatic carbocycles. The van der Waals surface area contributed by atoms with Crippen LogP contribution in [0.2, 0.25) is 0 Å². The van der Waals surface area contributed by atoms with E-state index in [0.717, 1.165) is 33.8 Å². The molecular formula is C20H22N4O2S. The highest BCUT2D eigenvalue weighted by molar-refractivity contribution is 7.07. The number of benzene rings is 2. The minimum atomic E-state index is 0.388. The molecule has 1 heterocycles. The van der Waals surface area contributed by atoms with Crippen molar-refractivity contribution in [1.29, 1.82) is 5.41 Å². The Balaban J connectivity index is 1.76. The minimum absolute atomic E-state index is 0.388. The van der Waals surface area contributed by atoms with Crippen LogP contribution in [-0.2, 0) is 6.42 Å². The fraction of sp³-hybridized carbons (Fsp3) is 0.250. The molecule has 6 nitrogen and oxygen atoms in total. The first-order chi connectivity index (χ1) is 13.0. The number of hydrogen-bond donors (Lipinski definition) is 2. The molecule has 0 saturated carbocycles. The summed E-state index contributed by atoms with van der Waals surface area (Å²) >= 11 is 1.23. The second kappa shape index (κ2) is 8.18. The molecule has 3 aromatic rings. The lowest BCUT2D eigenvalue weighted by Gasteiger charge is -2.12. The summed E-state index contributed by atoms with van der Waals surface area (Å²) in [7, 11) is 3.40. The standard InChI is InChI=1S/C20H22N4O2S/c1-12-9-17(13(2)8-16(12)19(21)22-3)26-20-23-18(24-27-20)11-14-6-5-7-15(10-14)25-4/h5-10H,11H2,1-4H3,(H2,21,22). The number of ether oxygens (including phenoxy) is 2. The Morgan fingerprint density at radius 3 is 2.74 bits per heavy atom. The normalized spacial score (nSPS) is 10.5. The van der Waals surface area contributed by atoms with Crippen molar-refractivity contribution in [2.75, 3.05) is 14.2 Å². The summed E-state index contributed by atoms with van der Waals surface area (Å²) in [5.74, 6) is 2.65. The van der Waals surface area contributed by atoms with E-state index in [1.54, 1.807) is 14.2 Å². The van der Waals surface area contributed by atoms with Gasteiger partial charge in [-0.2, -0.15) is 9.36 Å². The molecule has 0 atom stereocenters. The van der Waals surface area contributed by atoms with Crippen molar-refractivity contribution in [1.82, 2.24) is 14.7 Å². The monoisotopic (exact) mass is 382 g/mol.